The van der Waals surface area contributed by atoms with Gasteiger partial charge in [0, 0.05) is 5.02 Å². The lowest BCUT2D eigenvalue weighted by Gasteiger charge is -2.16. The Morgan fingerprint density at radius 2 is 1.81 bits per heavy atom. The van der Waals surface area contributed by atoms with Crippen LogP contribution in [0.5, 0.6) is 0 Å². The average molecular weight is 450 g/mol. The number of halogens is 1. The molecule has 9 heteroatoms. The van der Waals surface area contributed by atoms with Crippen molar-refractivity contribution in [2.24, 2.45) is 0 Å². The number of rotatable bonds is 7. The van der Waals surface area contributed by atoms with Crippen molar-refractivity contribution in [2.45, 2.75) is 13.0 Å². The second-order valence-electron chi connectivity index (χ2n) is 7.07. The van der Waals surface area contributed by atoms with E-state index in [1.807, 2.05) is 37.3 Å². The van der Waals surface area contributed by atoms with Gasteiger partial charge in [-0.25, -0.2) is 0 Å². The number of para-hydroxylation sites is 1. The van der Waals surface area contributed by atoms with E-state index in [0.717, 1.165) is 10.4 Å². The van der Waals surface area contributed by atoms with Gasteiger partial charge in [0.2, 0.25) is 0 Å². The number of fused-ring (bicyclic) bond motifs is 1. The fourth-order valence-electron chi connectivity index (χ4n) is 3.16. The van der Waals surface area contributed by atoms with Gasteiger partial charge in [-0.1, -0.05) is 58.9 Å². The maximum atomic E-state index is 12.8. The molecular weight excluding hydrogens is 430 g/mol. The molecule has 4 aromatic rings. The third-order valence-electron chi connectivity index (χ3n) is 4.79. The van der Waals surface area contributed by atoms with Gasteiger partial charge < -0.3 is 15.5 Å². The fraction of sp³-hybridized carbons (Fsp3) is 0.130. The van der Waals surface area contributed by atoms with Crippen LogP contribution in [0.1, 0.15) is 28.9 Å². The molecule has 3 aromatic carbocycles. The SMILES string of the molecule is CC(NC(=O)c1ccccc1NC(=O)COn1nnc2ccc(Cl)cc21)c1ccccc1. The normalized spacial score (nSPS) is 11.7. The van der Waals surface area contributed by atoms with E-state index in [9.17, 15) is 9.59 Å². The van der Waals surface area contributed by atoms with Gasteiger partial charge in [-0.15, -0.1) is 5.10 Å². The third-order valence-corrected chi connectivity index (χ3v) is 5.02. The van der Waals surface area contributed by atoms with Crippen molar-refractivity contribution in [3.05, 3.63) is 88.9 Å². The molecule has 4 rings (SSSR count). The Morgan fingerprint density at radius 1 is 1.06 bits per heavy atom. The van der Waals surface area contributed by atoms with E-state index in [0.29, 0.717) is 27.3 Å². The number of nitrogens with zero attached hydrogens (tertiary/aromatic N) is 3. The van der Waals surface area contributed by atoms with E-state index < -0.39 is 5.91 Å². The van der Waals surface area contributed by atoms with Gasteiger partial charge in [-0.05, 0) is 48.0 Å². The highest BCUT2D eigenvalue weighted by Crippen LogP contribution is 2.19. The van der Waals surface area contributed by atoms with E-state index in [1.165, 1.54) is 0 Å². The van der Waals surface area contributed by atoms with Gasteiger partial charge in [0.15, 0.2) is 6.61 Å². The van der Waals surface area contributed by atoms with Crippen LogP contribution in [0.25, 0.3) is 11.0 Å². The summed E-state index contributed by atoms with van der Waals surface area (Å²) >= 11 is 6.00. The van der Waals surface area contributed by atoms with Crippen LogP contribution in [-0.2, 0) is 4.79 Å². The van der Waals surface area contributed by atoms with Crippen molar-refractivity contribution >= 4 is 40.1 Å². The summed E-state index contributed by atoms with van der Waals surface area (Å²) in [5.41, 5.74) is 2.84. The number of anilines is 1. The maximum Gasteiger partial charge on any atom is 0.265 e. The van der Waals surface area contributed by atoms with Crippen LogP contribution in [0.4, 0.5) is 5.69 Å². The standard InChI is InChI=1S/C23H20ClN5O3/c1-15(16-7-3-2-4-8-16)25-23(31)18-9-5-6-10-19(18)26-22(30)14-32-29-21-13-17(24)11-12-20(21)27-28-29/h2-13,15H,14H2,1H3,(H,25,31)(H,26,30). The predicted molar refractivity (Wildman–Crippen MR) is 121 cm³/mol. The Kier molecular flexibility index (Phi) is 6.32. The zero-order chi connectivity index (χ0) is 22.5. The number of aromatic nitrogens is 3. The van der Waals surface area contributed by atoms with E-state index in [4.69, 9.17) is 16.4 Å². The first kappa shape index (κ1) is 21.3. The first-order valence-corrected chi connectivity index (χ1v) is 10.3. The molecule has 2 amide bonds. The molecule has 162 valence electrons. The number of hydrogen-bond donors (Lipinski definition) is 2. The molecule has 0 bridgehead atoms. The summed E-state index contributed by atoms with van der Waals surface area (Å²) in [5.74, 6) is -0.748. The summed E-state index contributed by atoms with van der Waals surface area (Å²) in [6.07, 6.45) is 0. The molecule has 0 aliphatic carbocycles. The summed E-state index contributed by atoms with van der Waals surface area (Å²) in [6, 6.07) is 21.3. The molecule has 8 nitrogen and oxygen atoms in total. The number of hydrogen-bond acceptors (Lipinski definition) is 5. The van der Waals surface area contributed by atoms with E-state index in [-0.39, 0.29) is 18.6 Å². The monoisotopic (exact) mass is 449 g/mol. The molecule has 2 N–H and O–H groups in total. The largest absolute Gasteiger partial charge is 0.385 e. The summed E-state index contributed by atoms with van der Waals surface area (Å²) in [5, 5.41) is 14.0. The molecule has 1 aromatic heterocycles. The van der Waals surface area contributed by atoms with Crippen molar-refractivity contribution in [3.63, 3.8) is 0 Å². The van der Waals surface area contributed by atoms with Gasteiger partial charge in [0.05, 0.1) is 17.3 Å². The van der Waals surface area contributed by atoms with Crippen LogP contribution in [0.2, 0.25) is 5.02 Å². The lowest BCUT2D eigenvalue weighted by Crippen LogP contribution is -2.29. The molecule has 1 atom stereocenters. The lowest BCUT2D eigenvalue weighted by molar-refractivity contribution is -0.121. The van der Waals surface area contributed by atoms with Crippen molar-refractivity contribution in [3.8, 4) is 0 Å². The highest BCUT2D eigenvalue weighted by atomic mass is 35.5. The molecule has 32 heavy (non-hydrogen) atoms. The molecule has 0 fully saturated rings. The first-order chi connectivity index (χ1) is 15.5. The minimum atomic E-state index is -0.452. The van der Waals surface area contributed by atoms with Gasteiger partial charge in [-0.3, -0.25) is 9.59 Å². The Labute approximate surface area is 189 Å². The smallest absolute Gasteiger partial charge is 0.265 e. The van der Waals surface area contributed by atoms with E-state index >= 15 is 0 Å². The zero-order valence-electron chi connectivity index (χ0n) is 17.2. The molecule has 0 radical (unpaired) electrons. The minimum absolute atomic E-state index is 0.191. The summed E-state index contributed by atoms with van der Waals surface area (Å²) in [7, 11) is 0. The minimum Gasteiger partial charge on any atom is -0.385 e. The maximum absolute atomic E-state index is 12.8. The van der Waals surface area contributed by atoms with Gasteiger partial charge in [0.25, 0.3) is 11.8 Å². The molecule has 1 heterocycles. The summed E-state index contributed by atoms with van der Waals surface area (Å²) < 4.78 is 0. The topological polar surface area (TPSA) is 98.1 Å². The zero-order valence-corrected chi connectivity index (χ0v) is 17.9. The Morgan fingerprint density at radius 3 is 2.62 bits per heavy atom. The molecule has 0 aliphatic heterocycles. The number of carbonyl (C=O) groups excluding carboxylic acids is 2. The number of nitrogens with one attached hydrogen (secondary N) is 2. The number of carbonyl (C=O) groups is 2. The highest BCUT2D eigenvalue weighted by molar-refractivity contribution is 6.31. The van der Waals surface area contributed by atoms with Crippen LogP contribution in [-0.4, -0.2) is 33.6 Å². The van der Waals surface area contributed by atoms with Crippen molar-refractivity contribution in [1.82, 2.24) is 20.5 Å². The highest BCUT2D eigenvalue weighted by Gasteiger charge is 2.16. The second kappa shape index (κ2) is 9.49. The molecule has 0 spiro atoms. The van der Waals surface area contributed by atoms with Gasteiger partial charge >= 0.3 is 0 Å². The average Bonchev–Trinajstić information content (AvgIpc) is 3.20. The summed E-state index contributed by atoms with van der Waals surface area (Å²) in [4.78, 5) is 31.9. The molecule has 1 unspecified atom stereocenters. The van der Waals surface area contributed by atoms with Crippen molar-refractivity contribution < 1.29 is 14.4 Å². The summed E-state index contributed by atoms with van der Waals surface area (Å²) in [6.45, 7) is 1.57. The third kappa shape index (κ3) is 4.87. The van der Waals surface area contributed by atoms with E-state index in [2.05, 4.69) is 20.9 Å². The Hall–Kier alpha value is -3.91. The van der Waals surface area contributed by atoms with Crippen molar-refractivity contribution in [2.75, 3.05) is 11.9 Å². The lowest BCUT2D eigenvalue weighted by atomic mass is 10.1. The van der Waals surface area contributed by atoms with E-state index in [1.54, 1.807) is 42.5 Å². The van der Waals surface area contributed by atoms with Crippen LogP contribution < -0.4 is 15.5 Å². The van der Waals surface area contributed by atoms with Crippen LogP contribution in [0.15, 0.2) is 72.8 Å². The first-order valence-electron chi connectivity index (χ1n) is 9.90. The molecule has 0 saturated carbocycles. The van der Waals surface area contributed by atoms with Crippen molar-refractivity contribution in [1.29, 1.82) is 0 Å². The van der Waals surface area contributed by atoms with Crippen LogP contribution >= 0.6 is 11.6 Å². The van der Waals surface area contributed by atoms with Gasteiger partial charge in [-0.2, -0.15) is 0 Å². The molecule has 0 aliphatic rings. The number of benzene rings is 3. The second-order valence-corrected chi connectivity index (χ2v) is 7.50. The predicted octanol–water partition coefficient (Wildman–Crippen LogP) is 3.64. The molecule has 0 saturated heterocycles. The molecular formula is C23H20ClN5O3. The van der Waals surface area contributed by atoms with Crippen LogP contribution in [0, 0.1) is 0 Å². The van der Waals surface area contributed by atoms with Crippen LogP contribution in [0.3, 0.4) is 0 Å². The Balaban J connectivity index is 1.41. The quantitative estimate of drug-likeness (QED) is 0.449. The Bertz CT molecular complexity index is 1260. The fourth-order valence-corrected chi connectivity index (χ4v) is 3.33. The van der Waals surface area contributed by atoms with Gasteiger partial charge in [0.1, 0.15) is 11.0 Å². The number of amides is 2.